The molecule has 10 nitrogen and oxygen atoms in total. The van der Waals surface area contributed by atoms with Gasteiger partial charge in [-0.05, 0) is 44.4 Å². The Morgan fingerprint density at radius 1 is 1.02 bits per heavy atom. The number of aliphatic hydroxyl groups is 3. The molecule has 7 rings (SSSR count). The van der Waals surface area contributed by atoms with Crippen LogP contribution in [0.1, 0.15) is 29.6 Å². The Hall–Kier alpha value is -1.63. The summed E-state index contributed by atoms with van der Waals surface area (Å²) in [6.07, 6.45) is -2.45. The summed E-state index contributed by atoms with van der Waals surface area (Å²) in [6.45, 7) is 1.29. The van der Waals surface area contributed by atoms with Crippen molar-refractivity contribution in [2.75, 3.05) is 48.6 Å². The van der Waals surface area contributed by atoms with Crippen LogP contribution in [0.25, 0.3) is 0 Å². The molecule has 1 spiro atoms. The summed E-state index contributed by atoms with van der Waals surface area (Å²) >= 11 is 0. The Labute approximate surface area is 240 Å². The molecule has 0 radical (unpaired) electrons. The van der Waals surface area contributed by atoms with Crippen LogP contribution < -0.4 is 0 Å². The lowest BCUT2D eigenvalue weighted by Crippen LogP contribution is -2.79. The molecule has 1 aromatic carbocycles. The molecule has 1 aromatic rings. The van der Waals surface area contributed by atoms with Gasteiger partial charge in [0, 0.05) is 69.6 Å². The minimum Gasteiger partial charge on any atom is -0.455 e. The van der Waals surface area contributed by atoms with Gasteiger partial charge in [-0.1, -0.05) is 18.2 Å². The number of esters is 1. The van der Waals surface area contributed by atoms with Crippen molar-refractivity contribution in [3.63, 3.8) is 0 Å². The molecule has 10 heteroatoms. The highest BCUT2D eigenvalue weighted by Gasteiger charge is 2.90. The van der Waals surface area contributed by atoms with Gasteiger partial charge in [-0.2, -0.15) is 0 Å². The summed E-state index contributed by atoms with van der Waals surface area (Å²) in [5.74, 6) is -2.30. The molecular formula is C31H43NO9. The first kappa shape index (κ1) is 28.2. The van der Waals surface area contributed by atoms with Crippen molar-refractivity contribution in [1.29, 1.82) is 0 Å². The maximum absolute atomic E-state index is 13.5. The lowest BCUT2D eigenvalue weighted by Gasteiger charge is -2.69. The van der Waals surface area contributed by atoms with Crippen LogP contribution in [0.4, 0.5) is 0 Å². The Morgan fingerprint density at radius 3 is 2.39 bits per heavy atom. The quantitative estimate of drug-likeness (QED) is 0.402. The number of piperidine rings is 1. The molecule has 5 saturated carbocycles. The third kappa shape index (κ3) is 3.08. The van der Waals surface area contributed by atoms with Gasteiger partial charge < -0.3 is 43.9 Å². The maximum atomic E-state index is 13.5. The molecule has 14 atom stereocenters. The smallest absolute Gasteiger partial charge is 0.338 e. The number of rotatable bonds is 7. The molecule has 0 amide bonds. The van der Waals surface area contributed by atoms with Crippen LogP contribution in [-0.4, -0.2) is 123 Å². The number of benzene rings is 1. The van der Waals surface area contributed by atoms with E-state index in [1.54, 1.807) is 45.6 Å². The highest BCUT2D eigenvalue weighted by atomic mass is 16.6. The zero-order chi connectivity index (χ0) is 29.1. The molecule has 6 fully saturated rings. The largest absolute Gasteiger partial charge is 0.455 e. The number of fused-ring (bicyclic) bond motifs is 2. The number of hydrogen-bond donors (Lipinski definition) is 3. The van der Waals surface area contributed by atoms with Crippen LogP contribution in [0.15, 0.2) is 30.3 Å². The molecule has 2 unspecified atom stereocenters. The molecule has 3 N–H and O–H groups in total. The Kier molecular flexibility index (Phi) is 6.31. The van der Waals surface area contributed by atoms with Gasteiger partial charge in [-0.15, -0.1) is 0 Å². The van der Waals surface area contributed by atoms with Crippen LogP contribution in [0.5, 0.6) is 0 Å². The van der Waals surface area contributed by atoms with Gasteiger partial charge in [-0.25, -0.2) is 4.79 Å². The van der Waals surface area contributed by atoms with Crippen LogP contribution in [0.3, 0.4) is 0 Å². The topological polar surface area (TPSA) is 127 Å². The van der Waals surface area contributed by atoms with Gasteiger partial charge in [0.25, 0.3) is 0 Å². The third-order valence-corrected chi connectivity index (χ3v) is 12.5. The average molecular weight is 574 g/mol. The Bertz CT molecular complexity index is 1200. The van der Waals surface area contributed by atoms with Gasteiger partial charge in [0.05, 0.1) is 24.4 Å². The van der Waals surface area contributed by atoms with Crippen LogP contribution in [0, 0.1) is 34.5 Å². The average Bonchev–Trinajstić information content (AvgIpc) is 3.36. The first-order chi connectivity index (χ1) is 19.6. The van der Waals surface area contributed by atoms with Gasteiger partial charge in [-0.3, -0.25) is 0 Å². The summed E-state index contributed by atoms with van der Waals surface area (Å²) < 4.78 is 30.6. The molecule has 7 bridgehead atoms. The number of aliphatic hydroxyl groups excluding tert-OH is 1. The molecule has 6 aliphatic rings. The van der Waals surface area contributed by atoms with E-state index in [0.29, 0.717) is 12.2 Å². The van der Waals surface area contributed by atoms with Gasteiger partial charge >= 0.3 is 5.97 Å². The summed E-state index contributed by atoms with van der Waals surface area (Å²) in [4.78, 5) is 15.8. The third-order valence-electron chi connectivity index (χ3n) is 12.5. The van der Waals surface area contributed by atoms with Crippen molar-refractivity contribution in [2.45, 2.75) is 67.0 Å². The van der Waals surface area contributed by atoms with Gasteiger partial charge in [0.2, 0.25) is 0 Å². The molecule has 0 aromatic heterocycles. The number of hydrogen-bond acceptors (Lipinski definition) is 10. The first-order valence-corrected chi connectivity index (χ1v) is 14.8. The predicted octanol–water partition coefficient (Wildman–Crippen LogP) is 0.716. The minimum atomic E-state index is -1.76. The first-order valence-electron chi connectivity index (χ1n) is 14.8. The van der Waals surface area contributed by atoms with E-state index in [4.69, 9.17) is 23.7 Å². The molecular weight excluding hydrogens is 530 g/mol. The molecule has 226 valence electrons. The SMILES string of the molecule is COC[C@@]12CC[C@H](OC)[C@@]34C5CC6(O)[C@H](OC(=O)c7ccccc7)[C@@H]5[C@@](O)([C@@H]([C@H](OC)[C@H]13)[C@H]4N(C)C2)[C@@H](O)[C@@H]6OC. The second-order valence-corrected chi connectivity index (χ2v) is 13.6. The predicted molar refractivity (Wildman–Crippen MR) is 145 cm³/mol. The van der Waals surface area contributed by atoms with Crippen molar-refractivity contribution >= 4 is 5.97 Å². The maximum Gasteiger partial charge on any atom is 0.338 e. The van der Waals surface area contributed by atoms with E-state index < -0.39 is 58.8 Å². The van der Waals surface area contributed by atoms with Crippen molar-refractivity contribution in [3.05, 3.63) is 35.9 Å². The van der Waals surface area contributed by atoms with E-state index in [0.717, 1.165) is 19.4 Å². The van der Waals surface area contributed by atoms with Gasteiger partial charge in [0.1, 0.15) is 29.5 Å². The van der Waals surface area contributed by atoms with Crippen molar-refractivity contribution in [2.24, 2.45) is 34.5 Å². The van der Waals surface area contributed by atoms with Crippen LogP contribution in [-0.2, 0) is 23.7 Å². The number of carbonyl (C=O) groups is 1. The van der Waals surface area contributed by atoms with E-state index >= 15 is 0 Å². The number of methoxy groups -OCH3 is 4. The molecule has 5 aliphatic carbocycles. The summed E-state index contributed by atoms with van der Waals surface area (Å²) in [7, 11) is 8.65. The number of likely N-dealkylation sites (tertiary alicyclic amines) is 1. The molecule has 1 saturated heterocycles. The Morgan fingerprint density at radius 2 is 1.76 bits per heavy atom. The zero-order valence-electron chi connectivity index (χ0n) is 24.4. The van der Waals surface area contributed by atoms with E-state index in [-0.39, 0.29) is 35.8 Å². The van der Waals surface area contributed by atoms with Crippen molar-refractivity contribution in [1.82, 2.24) is 4.90 Å². The second kappa shape index (κ2) is 9.19. The fourth-order valence-electron chi connectivity index (χ4n) is 11.8. The fourth-order valence-corrected chi connectivity index (χ4v) is 11.8. The lowest BCUT2D eigenvalue weighted by atomic mass is 9.43. The molecule has 1 aliphatic heterocycles. The van der Waals surface area contributed by atoms with E-state index in [1.807, 2.05) is 6.07 Å². The monoisotopic (exact) mass is 573 g/mol. The normalized spacial score (nSPS) is 52.9. The minimum absolute atomic E-state index is 0.0644. The van der Waals surface area contributed by atoms with E-state index in [1.165, 1.54) is 7.11 Å². The standard InChI is InChI=1S/C31H43NO9/c1-32-14-28(15-37-2)12-11-18(38-3)30-17-13-29(35)25(41-27(34)16-9-7-6-8-10-16)19(17)31(36,24(33)26(29)40-5)20(23(30)32)21(39-4)22(28)30/h6-10,17-26,33,35-36H,11-15H2,1-5H3/t17?,18-,19+,20-,21-,22+,23+,24-,25+,26-,28-,29?,30-,31+/m0/s1. The number of nitrogens with zero attached hydrogens (tertiary/aromatic N) is 1. The van der Waals surface area contributed by atoms with Crippen molar-refractivity contribution in [3.8, 4) is 0 Å². The fraction of sp³-hybridized carbons (Fsp3) is 0.774. The van der Waals surface area contributed by atoms with Crippen LogP contribution in [0.2, 0.25) is 0 Å². The summed E-state index contributed by atoms with van der Waals surface area (Å²) in [5, 5.41) is 37.6. The highest BCUT2D eigenvalue weighted by molar-refractivity contribution is 5.89. The summed E-state index contributed by atoms with van der Waals surface area (Å²) in [5.41, 5.74) is -3.95. The molecule has 41 heavy (non-hydrogen) atoms. The zero-order valence-corrected chi connectivity index (χ0v) is 24.4. The summed E-state index contributed by atoms with van der Waals surface area (Å²) in [6, 6.07) is 8.46. The number of ether oxygens (including phenoxy) is 5. The second-order valence-electron chi connectivity index (χ2n) is 13.6. The van der Waals surface area contributed by atoms with Crippen LogP contribution >= 0.6 is 0 Å². The number of carbonyl (C=O) groups excluding carboxylic acids is 1. The lowest BCUT2D eigenvalue weighted by molar-refractivity contribution is -0.313. The molecule has 1 heterocycles. The van der Waals surface area contributed by atoms with E-state index in [9.17, 15) is 20.1 Å². The van der Waals surface area contributed by atoms with Crippen molar-refractivity contribution < 1.29 is 43.8 Å². The van der Waals surface area contributed by atoms with E-state index in [2.05, 4.69) is 11.9 Å². The van der Waals surface area contributed by atoms with Gasteiger partial charge in [0.15, 0.2) is 0 Å². The highest BCUT2D eigenvalue weighted by Crippen LogP contribution is 2.80. The Balaban J connectivity index is 1.46.